The monoisotopic (exact) mass is 356 g/mol. The molecule has 0 aromatic heterocycles. The molecule has 0 spiro atoms. The number of nitrogens with zero attached hydrogens (tertiary/aromatic N) is 2. The number of hydrogen-bond acceptors (Lipinski definition) is 5. The number of allylic oxidation sites excluding steroid dienone is 1. The van der Waals surface area contributed by atoms with Crippen LogP contribution in [0.4, 0.5) is 4.79 Å². The maximum atomic E-state index is 12.6. The highest BCUT2D eigenvalue weighted by molar-refractivity contribution is 5.87. The minimum Gasteiger partial charge on any atom is -0.457 e. The number of rotatable bonds is 6. The number of ether oxygens (including phenoxy) is 2. The van der Waals surface area contributed by atoms with Crippen molar-refractivity contribution in [2.24, 2.45) is 5.41 Å². The van der Waals surface area contributed by atoms with Crippen molar-refractivity contribution in [1.82, 2.24) is 9.80 Å². The van der Waals surface area contributed by atoms with Gasteiger partial charge in [-0.15, -0.1) is 0 Å². The summed E-state index contributed by atoms with van der Waals surface area (Å²) in [6, 6.07) is 0. The van der Waals surface area contributed by atoms with Crippen LogP contribution in [-0.4, -0.2) is 67.7 Å². The average molecular weight is 356 g/mol. The van der Waals surface area contributed by atoms with Gasteiger partial charge in [-0.2, -0.15) is 0 Å². The molecule has 0 radical (unpaired) electrons. The number of likely N-dealkylation sites (N-methyl/N-ethyl adjacent to an activating group) is 1. The first-order chi connectivity index (χ1) is 11.2. The second-order valence-electron chi connectivity index (χ2n) is 8.02. The minimum atomic E-state index is -1.10. The standard InChI is InChI=1S/C18H32N2O5/c1-17(2,3)25-15(22)14(24-16(23)20(8)9)18(4,5)12-10-11-13(21)19(6)7/h10-11,14H,12H2,1-9H3/b11-10+. The lowest BCUT2D eigenvalue weighted by atomic mass is 9.82. The SMILES string of the molecule is CN(C)C(=O)/C=C/CC(C)(C)C(OC(=O)N(C)C)C(=O)OC(C)(C)C. The fourth-order valence-corrected chi connectivity index (χ4v) is 1.81. The molecule has 0 aromatic rings. The summed E-state index contributed by atoms with van der Waals surface area (Å²) in [6.45, 7) is 8.82. The molecule has 0 aromatic carbocycles. The van der Waals surface area contributed by atoms with E-state index in [1.165, 1.54) is 30.0 Å². The third-order valence-corrected chi connectivity index (χ3v) is 3.26. The van der Waals surface area contributed by atoms with Crippen LogP contribution in [0.15, 0.2) is 12.2 Å². The Hall–Kier alpha value is -2.05. The van der Waals surface area contributed by atoms with E-state index in [9.17, 15) is 14.4 Å². The van der Waals surface area contributed by atoms with Crippen LogP contribution < -0.4 is 0 Å². The Morgan fingerprint density at radius 1 is 0.960 bits per heavy atom. The van der Waals surface area contributed by atoms with Crippen molar-refractivity contribution < 1.29 is 23.9 Å². The summed E-state index contributed by atoms with van der Waals surface area (Å²) < 4.78 is 10.8. The highest BCUT2D eigenvalue weighted by atomic mass is 16.6. The topological polar surface area (TPSA) is 76.2 Å². The summed E-state index contributed by atoms with van der Waals surface area (Å²) >= 11 is 0. The van der Waals surface area contributed by atoms with Gasteiger partial charge in [0, 0.05) is 33.6 Å². The third kappa shape index (κ3) is 8.56. The summed E-state index contributed by atoms with van der Waals surface area (Å²) in [5.74, 6) is -0.769. The first kappa shape index (κ1) is 22.9. The van der Waals surface area contributed by atoms with Gasteiger partial charge < -0.3 is 19.3 Å². The molecule has 7 heteroatoms. The van der Waals surface area contributed by atoms with Gasteiger partial charge in [-0.3, -0.25) is 4.79 Å². The van der Waals surface area contributed by atoms with Crippen molar-refractivity contribution in [2.45, 2.75) is 52.7 Å². The molecule has 0 saturated heterocycles. The van der Waals surface area contributed by atoms with E-state index in [1.807, 2.05) is 0 Å². The zero-order valence-electron chi connectivity index (χ0n) is 16.9. The van der Waals surface area contributed by atoms with E-state index in [2.05, 4.69) is 0 Å². The predicted molar refractivity (Wildman–Crippen MR) is 96.0 cm³/mol. The van der Waals surface area contributed by atoms with Crippen molar-refractivity contribution in [3.8, 4) is 0 Å². The van der Waals surface area contributed by atoms with Crippen molar-refractivity contribution in [3.63, 3.8) is 0 Å². The van der Waals surface area contributed by atoms with Crippen molar-refractivity contribution in [1.29, 1.82) is 0 Å². The van der Waals surface area contributed by atoms with Crippen LogP contribution >= 0.6 is 0 Å². The molecule has 0 heterocycles. The van der Waals surface area contributed by atoms with Gasteiger partial charge in [-0.05, 0) is 33.3 Å². The number of carbonyl (C=O) groups is 3. The number of esters is 1. The minimum absolute atomic E-state index is 0.157. The fraction of sp³-hybridized carbons (Fsp3) is 0.722. The fourth-order valence-electron chi connectivity index (χ4n) is 1.81. The van der Waals surface area contributed by atoms with Gasteiger partial charge in [0.1, 0.15) is 5.60 Å². The van der Waals surface area contributed by atoms with Gasteiger partial charge in [0.15, 0.2) is 0 Å². The van der Waals surface area contributed by atoms with E-state index in [4.69, 9.17) is 9.47 Å². The Morgan fingerprint density at radius 3 is 1.88 bits per heavy atom. The van der Waals surface area contributed by atoms with Crippen molar-refractivity contribution in [2.75, 3.05) is 28.2 Å². The molecule has 25 heavy (non-hydrogen) atoms. The molecule has 7 nitrogen and oxygen atoms in total. The molecular weight excluding hydrogens is 324 g/mol. The quantitative estimate of drug-likeness (QED) is 0.540. The van der Waals surface area contributed by atoms with Crippen LogP contribution in [0.2, 0.25) is 0 Å². The maximum Gasteiger partial charge on any atom is 0.410 e. The average Bonchev–Trinajstić information content (AvgIpc) is 2.41. The van der Waals surface area contributed by atoms with E-state index in [1.54, 1.807) is 54.8 Å². The molecule has 144 valence electrons. The molecule has 0 aliphatic heterocycles. The lowest BCUT2D eigenvalue weighted by Crippen LogP contribution is -2.45. The molecule has 0 N–H and O–H groups in total. The van der Waals surface area contributed by atoms with Gasteiger partial charge >= 0.3 is 12.1 Å². The van der Waals surface area contributed by atoms with E-state index < -0.39 is 29.2 Å². The van der Waals surface area contributed by atoms with Gasteiger partial charge in [0.25, 0.3) is 0 Å². The second-order valence-corrected chi connectivity index (χ2v) is 8.02. The van der Waals surface area contributed by atoms with Gasteiger partial charge in [-0.1, -0.05) is 19.9 Å². The summed E-state index contributed by atoms with van der Waals surface area (Å²) in [5.41, 5.74) is -1.45. The molecular formula is C18H32N2O5. The Labute approximate surface area is 150 Å². The molecule has 0 rings (SSSR count). The molecule has 1 unspecified atom stereocenters. The summed E-state index contributed by atoms with van der Waals surface area (Å²) in [5, 5.41) is 0. The zero-order valence-corrected chi connectivity index (χ0v) is 16.9. The molecule has 0 fully saturated rings. The molecule has 2 amide bonds. The van der Waals surface area contributed by atoms with Crippen LogP contribution in [-0.2, 0) is 19.1 Å². The van der Waals surface area contributed by atoms with Gasteiger partial charge in [0.2, 0.25) is 12.0 Å². The number of carbonyl (C=O) groups excluding carboxylic acids is 3. The summed E-state index contributed by atoms with van der Waals surface area (Å²) in [7, 11) is 6.38. The highest BCUT2D eigenvalue weighted by Gasteiger charge is 2.41. The van der Waals surface area contributed by atoms with E-state index >= 15 is 0 Å². The third-order valence-electron chi connectivity index (χ3n) is 3.26. The lowest BCUT2D eigenvalue weighted by Gasteiger charge is -2.34. The Balaban J connectivity index is 5.36. The van der Waals surface area contributed by atoms with Crippen LogP contribution in [0.1, 0.15) is 41.0 Å². The Morgan fingerprint density at radius 2 is 1.48 bits per heavy atom. The predicted octanol–water partition coefficient (Wildman–Crippen LogP) is 2.46. The number of hydrogen-bond donors (Lipinski definition) is 0. The second kappa shape index (κ2) is 8.87. The molecule has 0 bridgehead atoms. The van der Waals surface area contributed by atoms with Crippen molar-refractivity contribution in [3.05, 3.63) is 12.2 Å². The summed E-state index contributed by atoms with van der Waals surface area (Å²) in [4.78, 5) is 38.8. The highest BCUT2D eigenvalue weighted by Crippen LogP contribution is 2.31. The summed E-state index contributed by atoms with van der Waals surface area (Å²) in [6.07, 6.45) is 1.74. The molecule has 0 aliphatic rings. The smallest absolute Gasteiger partial charge is 0.410 e. The molecule has 0 saturated carbocycles. The van der Waals surface area contributed by atoms with Crippen LogP contribution in [0.25, 0.3) is 0 Å². The van der Waals surface area contributed by atoms with Crippen LogP contribution in [0.5, 0.6) is 0 Å². The largest absolute Gasteiger partial charge is 0.457 e. The van der Waals surface area contributed by atoms with E-state index in [-0.39, 0.29) is 5.91 Å². The Kier molecular flexibility index (Phi) is 8.15. The molecule has 0 aliphatic carbocycles. The molecule has 1 atom stereocenters. The first-order valence-electron chi connectivity index (χ1n) is 8.16. The normalized spacial score (nSPS) is 13.3. The van der Waals surface area contributed by atoms with Crippen molar-refractivity contribution >= 4 is 18.0 Å². The van der Waals surface area contributed by atoms with E-state index in [0.29, 0.717) is 6.42 Å². The van der Waals surface area contributed by atoms with Crippen LogP contribution in [0, 0.1) is 5.41 Å². The lowest BCUT2D eigenvalue weighted by molar-refractivity contribution is -0.172. The maximum absolute atomic E-state index is 12.6. The van der Waals surface area contributed by atoms with E-state index in [0.717, 1.165) is 0 Å². The first-order valence-corrected chi connectivity index (χ1v) is 8.16. The number of amides is 2. The van der Waals surface area contributed by atoms with Crippen LogP contribution in [0.3, 0.4) is 0 Å². The zero-order chi connectivity index (χ0) is 20.0. The van der Waals surface area contributed by atoms with Gasteiger partial charge in [-0.25, -0.2) is 9.59 Å². The Bertz CT molecular complexity index is 516. The van der Waals surface area contributed by atoms with Gasteiger partial charge in [0.05, 0.1) is 0 Å².